The van der Waals surface area contributed by atoms with Crippen LogP contribution in [0.1, 0.15) is 50.1 Å². The summed E-state index contributed by atoms with van der Waals surface area (Å²) in [7, 11) is 16.8. The van der Waals surface area contributed by atoms with Gasteiger partial charge in [0.1, 0.15) is 0 Å². The summed E-state index contributed by atoms with van der Waals surface area (Å²) < 4.78 is 0. The smallest absolute Gasteiger partial charge is 0.545 e. The largest absolute Gasteiger partial charge is 5.00 e. The molecule has 0 aliphatic carbocycles. The van der Waals surface area contributed by atoms with Gasteiger partial charge in [0.25, 0.3) is 0 Å². The summed E-state index contributed by atoms with van der Waals surface area (Å²) in [5, 5.41) is 3.66. The van der Waals surface area contributed by atoms with Crippen molar-refractivity contribution in [1.82, 2.24) is 29.6 Å². The van der Waals surface area contributed by atoms with Crippen molar-refractivity contribution >= 4 is 59.9 Å². The fourth-order valence-corrected chi connectivity index (χ4v) is 5.14. The number of fused-ring (bicyclic) bond motifs is 3. The first-order valence-electron chi connectivity index (χ1n) is 17.3. The molecule has 0 bridgehead atoms. The van der Waals surface area contributed by atoms with Gasteiger partial charge in [-0.1, -0.05) is 88.4 Å². The number of carbonyl (C=O) groups excluding carboxylic acids is 4. The van der Waals surface area contributed by atoms with Gasteiger partial charge in [-0.25, -0.2) is 4.98 Å². The molecule has 10 nitrogen and oxygen atoms in total. The Kier molecular flexibility index (Phi) is 50.4. The van der Waals surface area contributed by atoms with Gasteiger partial charge >= 0.3 is 39.0 Å². The van der Waals surface area contributed by atoms with Crippen LogP contribution in [0.5, 0.6) is 0 Å². The molecular formula is C45H68N6O4Ru2+4. The van der Waals surface area contributed by atoms with Crippen LogP contribution in [0.2, 0.25) is 0 Å². The molecule has 57 heavy (non-hydrogen) atoms. The topological polar surface area (TPSA) is 107 Å². The van der Waals surface area contributed by atoms with Gasteiger partial charge in [0.15, 0.2) is 0 Å². The van der Waals surface area contributed by atoms with Gasteiger partial charge in [-0.3, -0.25) is 32.1 Å². The summed E-state index contributed by atoms with van der Waals surface area (Å²) >= 11 is 0. The first kappa shape index (κ1) is 68.2. The van der Waals surface area contributed by atoms with E-state index in [0.29, 0.717) is 0 Å². The van der Waals surface area contributed by atoms with E-state index in [1.165, 1.54) is 38.5 Å². The van der Waals surface area contributed by atoms with Crippen molar-refractivity contribution < 1.29 is 58.1 Å². The Morgan fingerprint density at radius 1 is 0.439 bits per heavy atom. The molecule has 2 heterocycles. The van der Waals surface area contributed by atoms with Crippen LogP contribution in [0.15, 0.2) is 72.8 Å². The van der Waals surface area contributed by atoms with Crippen molar-refractivity contribution in [1.29, 1.82) is 0 Å². The van der Waals surface area contributed by atoms with Crippen LogP contribution in [0.4, 0.5) is 0 Å². The van der Waals surface area contributed by atoms with Gasteiger partial charge in [-0.2, -0.15) is 0 Å². The second kappa shape index (κ2) is 42.1. The molecular weight excluding hydrogens is 891 g/mol. The molecule has 5 rings (SSSR count). The van der Waals surface area contributed by atoms with E-state index in [2.05, 4.69) is 176 Å². The number of likely N-dealkylation sites (N-methyl/N-ethyl adjacent to an activating group) is 1. The van der Waals surface area contributed by atoms with Gasteiger partial charge in [-0.15, -0.1) is 0 Å². The quantitative estimate of drug-likeness (QED) is 0.0630. The van der Waals surface area contributed by atoms with Crippen LogP contribution < -0.4 is 0 Å². The minimum absolute atomic E-state index is 0. The average molecular weight is 959 g/mol. The maximum absolute atomic E-state index is 7.75. The summed E-state index contributed by atoms with van der Waals surface area (Å²) in [5.74, 6) is 0. The van der Waals surface area contributed by atoms with Crippen molar-refractivity contribution in [3.8, 4) is 0 Å². The number of aromatic nitrogens is 2. The fraction of sp³-hybridized carbons (Fsp3) is 0.378. The molecule has 0 N–H and O–H groups in total. The van der Waals surface area contributed by atoms with Crippen molar-refractivity contribution in [2.45, 2.75) is 53.8 Å². The van der Waals surface area contributed by atoms with Gasteiger partial charge in [0.05, 0.1) is 16.6 Å². The summed E-state index contributed by atoms with van der Waals surface area (Å²) in [6, 6.07) is 25.9. The summed E-state index contributed by atoms with van der Waals surface area (Å²) in [6.07, 6.45) is 0.999. The second-order valence-electron chi connectivity index (χ2n) is 12.0. The van der Waals surface area contributed by atoms with E-state index < -0.39 is 0 Å². The van der Waals surface area contributed by atoms with Gasteiger partial charge in [-0.05, 0) is 85.2 Å². The Morgan fingerprint density at radius 3 is 1.07 bits per heavy atom. The van der Waals surface area contributed by atoms with E-state index in [-0.39, 0.29) is 53.8 Å². The Hall–Kier alpha value is -3.49. The summed E-state index contributed by atoms with van der Waals surface area (Å²) in [6.45, 7) is 24.8. The van der Waals surface area contributed by atoms with Crippen LogP contribution in [-0.2, 0) is 84.2 Å². The van der Waals surface area contributed by atoms with E-state index >= 15 is 0 Å². The molecule has 5 aromatic rings. The Balaban J connectivity index is -0.000000132. The molecule has 0 atom stereocenters. The van der Waals surface area contributed by atoms with Crippen LogP contribution >= 0.6 is 0 Å². The van der Waals surface area contributed by atoms with Crippen molar-refractivity contribution in [2.75, 3.05) is 62.9 Å². The van der Waals surface area contributed by atoms with Gasteiger partial charge in [0, 0.05) is 54.5 Å². The van der Waals surface area contributed by atoms with E-state index in [0.717, 1.165) is 49.1 Å². The molecule has 0 saturated heterocycles. The average Bonchev–Trinajstić information content (AvgIpc) is 3.18. The van der Waals surface area contributed by atoms with Crippen molar-refractivity contribution in [3.05, 3.63) is 110 Å². The third-order valence-corrected chi connectivity index (χ3v) is 6.97. The first-order chi connectivity index (χ1) is 25.6. The van der Waals surface area contributed by atoms with Gasteiger partial charge < -0.3 is 53.6 Å². The molecule has 314 valence electrons. The second-order valence-corrected chi connectivity index (χ2v) is 12.0. The molecule has 3 aromatic carbocycles. The van der Waals surface area contributed by atoms with Crippen LogP contribution in [0.3, 0.4) is 0 Å². The predicted molar refractivity (Wildman–Crippen MR) is 238 cm³/mol. The van der Waals surface area contributed by atoms with Crippen molar-refractivity contribution in [3.63, 3.8) is 0 Å². The number of hydrogen-bond acceptors (Lipinski definition) is 10. The first-order valence-corrected chi connectivity index (χ1v) is 17.3. The summed E-state index contributed by atoms with van der Waals surface area (Å²) in [5.41, 5.74) is 8.42. The molecule has 0 fully saturated rings. The zero-order chi connectivity index (χ0) is 41.5. The maximum atomic E-state index is 7.75. The fourth-order valence-electron chi connectivity index (χ4n) is 5.14. The number of para-hydroxylation sites is 3. The van der Waals surface area contributed by atoms with E-state index in [1.807, 2.05) is 27.7 Å². The number of pyridine rings is 2. The Labute approximate surface area is 372 Å². The van der Waals surface area contributed by atoms with Crippen LogP contribution in [0, 0.1) is 14.9 Å². The zero-order valence-corrected chi connectivity index (χ0v) is 40.3. The van der Waals surface area contributed by atoms with Crippen LogP contribution in [0.25, 0.3) is 32.7 Å². The Bertz CT molecular complexity index is 1620. The number of benzene rings is 3. The monoisotopic (exact) mass is 960 g/mol. The molecule has 0 unspecified atom stereocenters. The van der Waals surface area contributed by atoms with Crippen molar-refractivity contribution in [2.24, 2.45) is 0 Å². The molecule has 2 aromatic heterocycles. The normalized spacial score (nSPS) is 8.98. The number of rotatable bonds is 9. The molecule has 0 spiro atoms. The van der Waals surface area contributed by atoms with E-state index in [9.17, 15) is 0 Å². The minimum Gasteiger partial charge on any atom is -0.545 e. The third-order valence-electron chi connectivity index (χ3n) is 6.97. The number of nitrogens with zero attached hydrogens (tertiary/aromatic N) is 6. The maximum Gasteiger partial charge on any atom is 5.00 e. The summed E-state index contributed by atoms with van der Waals surface area (Å²) in [4.78, 5) is 49.6. The molecule has 0 saturated carbocycles. The molecule has 0 aliphatic heterocycles. The molecule has 0 amide bonds. The predicted octanol–water partition coefficient (Wildman–Crippen LogP) is 7.76. The van der Waals surface area contributed by atoms with Gasteiger partial charge in [0.2, 0.25) is 0 Å². The number of hydrogen-bond donors (Lipinski definition) is 0. The molecule has 2 radical (unpaired) electrons. The molecule has 0 aliphatic rings. The van der Waals surface area contributed by atoms with E-state index in [4.69, 9.17) is 29.1 Å². The van der Waals surface area contributed by atoms with Crippen LogP contribution in [-0.4, -0.2) is 120 Å². The molecule has 12 heteroatoms. The third kappa shape index (κ3) is 25.5. The minimum atomic E-state index is 0. The zero-order valence-electron chi connectivity index (χ0n) is 36.8. The standard InChI is InChI=1S/C19H23N3.C16H23N3.2C2H6.4CHO.2CH3.2Ru/c1-21(2)12-16-9-5-7-14-11-15-8-6-10-17(13-22(3)4)19(15)20-18(14)16;1-18(2)11-10-15-9-8-13-6-5-7-14(12-19(3)4)16(13)17-15;6*1-2;;;;/h5-11H,12-13H2,1-4H3;5-9H,10-12H2,1-4H3;2*1-2H3;4*1H;2*1H3;;/q;;;;6*-1;2*+5. The van der Waals surface area contributed by atoms with E-state index in [1.54, 1.807) is 0 Å². The Morgan fingerprint density at radius 2 is 0.754 bits per heavy atom. The SMILES string of the molecule is CC.CC.CN(C)CCc1ccc2cccc(CN(C)C)c2n1.CN(C)Cc1cccc2cc3cccc(CN(C)C)c3nc12.[CH-]=O.[CH-]=O.[CH-]=O.[CH-]=O.[CH3-].[CH3-].[Ru+5].[Ru+5].